The summed E-state index contributed by atoms with van der Waals surface area (Å²) in [5.74, 6) is 1.43. The van der Waals surface area contributed by atoms with E-state index in [1.165, 1.54) is 129 Å². The van der Waals surface area contributed by atoms with Crippen LogP contribution >= 0.6 is 0 Å². The largest absolute Gasteiger partial charge is 0.311 e. The number of benzene rings is 8. The Balaban J connectivity index is 0.000000137. The van der Waals surface area contributed by atoms with E-state index < -0.39 is 0 Å². The molecule has 0 fully saturated rings. The van der Waals surface area contributed by atoms with Gasteiger partial charge in [0.25, 0.3) is 0 Å². The summed E-state index contributed by atoms with van der Waals surface area (Å²) in [5.41, 5.74) is 43.7. The summed E-state index contributed by atoms with van der Waals surface area (Å²) < 4.78 is 52.8. The first-order valence-electron chi connectivity index (χ1n) is 48.0. The second-order valence-corrected chi connectivity index (χ2v) is 38.3. The third-order valence-corrected chi connectivity index (χ3v) is 26.8. The zero-order valence-electron chi connectivity index (χ0n) is 84.8. The van der Waals surface area contributed by atoms with Crippen LogP contribution in [-0.4, -0.2) is 22.8 Å². The first-order chi connectivity index (χ1) is 65.2. The summed E-state index contributed by atoms with van der Waals surface area (Å²) in [4.78, 5) is 0. The molecular formula is C124H137F2N10+5. The molecule has 0 aliphatic rings. The molecule has 10 aromatic heterocycles. The Hall–Kier alpha value is -14.2. The molecule has 8 aromatic carbocycles. The highest BCUT2D eigenvalue weighted by Crippen LogP contribution is 2.45. The van der Waals surface area contributed by atoms with Gasteiger partial charge in [0.1, 0.15) is 63.7 Å². The standard InChI is InChI=1S/C29H24FN2.C29H32FN2.C24H31N2.2C21H25N2/c1-21-20-27(30)32(28(21)26-18-9-10-19-31(26)2)29-24(22-12-5-3-6-13-22)16-11-17-25(29)23-14-7-4-8-15-23;1-19(2)24-17-23(22-12-8-7-9-13-22)18-25(20(3)4)29(24)32-27(30)16-21(5)28(32)26-14-10-11-15-31(26)6;1-16(2)20-11-10-12-21(17(3)4)24(20)26-15-18(5)19(6)23(26)22-13-8-9-14-25(22)7;1-14-11-15(2)20(16(3)12-14)23-13-17(4)18(5)21(23)19-9-7-8-10-22(19)6;1-15(2)18-10-6-7-11-19(18)23-14-16(3)17(4)21(23)20-12-8-9-13-22(20)5/h3-20H,1-2H3;7-20H,1-6H3;8-17H,1-7H3;7-13H,1-6H3;6-15H,1-5H3/q5*+1. The fourth-order valence-electron chi connectivity index (χ4n) is 19.4. The van der Waals surface area contributed by atoms with E-state index >= 15 is 8.78 Å². The summed E-state index contributed by atoms with van der Waals surface area (Å²) >= 11 is 0. The molecule has 0 N–H and O–H groups in total. The normalized spacial score (nSPS) is 11.3. The maximum Gasteiger partial charge on any atom is 0.229 e. The first kappa shape index (κ1) is 97.8. The summed E-state index contributed by atoms with van der Waals surface area (Å²) in [5, 5.41) is 0. The minimum absolute atomic E-state index is 0.224. The molecule has 136 heavy (non-hydrogen) atoms. The lowest BCUT2D eigenvalue weighted by atomic mass is 9.88. The quantitative estimate of drug-likeness (QED) is 0.0769. The van der Waals surface area contributed by atoms with E-state index in [-0.39, 0.29) is 23.7 Å². The van der Waals surface area contributed by atoms with Gasteiger partial charge in [-0.1, -0.05) is 233 Å². The number of pyridine rings is 5. The maximum atomic E-state index is 15.7. The van der Waals surface area contributed by atoms with Crippen molar-refractivity contribution in [2.75, 3.05) is 0 Å². The lowest BCUT2D eigenvalue weighted by Crippen LogP contribution is -2.31. The van der Waals surface area contributed by atoms with Gasteiger partial charge in [0.15, 0.2) is 42.9 Å². The third kappa shape index (κ3) is 20.4. The SMILES string of the molecule is Cc1cc(C)c(-n2cc(C)c(C)c2-c2cccc[n+]2C)c(C)c1.Cc1cc(F)n(-c2c(-c3ccccc3)cccc2-c2ccccc2)c1-c1cccc[n+]1C.Cc1cc(F)n(-c2c(C(C)C)cc(-c3ccccc3)cc2C(C)C)c1-c1cccc[n+]1C.Cc1cn(-c2c(C(C)C)cccc2C(C)C)c(-c2cccc[n+]2C)c1C.Cc1cn(-c2ccccc2C(C)C)c(-c2cccc[n+]2C)c1C. The summed E-state index contributed by atoms with van der Waals surface area (Å²) in [7, 11) is 10.3. The van der Waals surface area contributed by atoms with Crippen molar-refractivity contribution in [1.82, 2.24) is 22.8 Å². The van der Waals surface area contributed by atoms with Crippen molar-refractivity contribution >= 4 is 0 Å². The minimum atomic E-state index is -0.276. The topological polar surface area (TPSA) is 44.0 Å². The van der Waals surface area contributed by atoms with Gasteiger partial charge in [0.2, 0.25) is 28.5 Å². The molecule has 12 heteroatoms. The predicted octanol–water partition coefficient (Wildman–Crippen LogP) is 29.1. The molecule has 18 aromatic rings. The second-order valence-electron chi connectivity index (χ2n) is 38.3. The summed E-state index contributed by atoms with van der Waals surface area (Å²) in [6, 6.07) is 96.0. The van der Waals surface area contributed by atoms with Crippen molar-refractivity contribution in [3.63, 3.8) is 0 Å². The van der Waals surface area contributed by atoms with Gasteiger partial charge < -0.3 is 13.7 Å². The van der Waals surface area contributed by atoms with Gasteiger partial charge in [-0.15, -0.1) is 0 Å². The average molecular weight is 1810 g/mol. The van der Waals surface area contributed by atoms with E-state index in [0.717, 1.165) is 78.7 Å². The Morgan fingerprint density at radius 1 is 0.228 bits per heavy atom. The number of aromatic nitrogens is 10. The maximum absolute atomic E-state index is 15.7. The van der Waals surface area contributed by atoms with Gasteiger partial charge >= 0.3 is 0 Å². The summed E-state index contributed by atoms with van der Waals surface area (Å²) in [6.07, 6.45) is 17.2. The molecule has 0 saturated heterocycles. The van der Waals surface area contributed by atoms with Crippen LogP contribution in [0.15, 0.2) is 329 Å². The van der Waals surface area contributed by atoms with Crippen molar-refractivity contribution < 1.29 is 31.6 Å². The molecule has 0 amide bonds. The van der Waals surface area contributed by atoms with E-state index in [0.29, 0.717) is 17.8 Å². The van der Waals surface area contributed by atoms with E-state index in [9.17, 15) is 0 Å². The predicted molar refractivity (Wildman–Crippen MR) is 561 cm³/mol. The number of para-hydroxylation sites is 3. The van der Waals surface area contributed by atoms with Crippen molar-refractivity contribution in [2.45, 2.75) is 175 Å². The van der Waals surface area contributed by atoms with Gasteiger partial charge in [-0.3, -0.25) is 9.13 Å². The van der Waals surface area contributed by atoms with Crippen LogP contribution < -0.4 is 22.8 Å². The molecule has 10 heterocycles. The van der Waals surface area contributed by atoms with Gasteiger partial charge in [-0.05, 0) is 272 Å². The Morgan fingerprint density at radius 3 is 0.882 bits per heavy atom. The van der Waals surface area contributed by atoms with E-state index in [1.54, 1.807) is 16.7 Å². The molecule has 0 spiro atoms. The molecule has 0 aliphatic carbocycles. The smallest absolute Gasteiger partial charge is 0.229 e. The van der Waals surface area contributed by atoms with Gasteiger partial charge in [-0.2, -0.15) is 31.6 Å². The van der Waals surface area contributed by atoms with Gasteiger partial charge in [-0.25, -0.2) is 0 Å². The summed E-state index contributed by atoms with van der Waals surface area (Å²) in [6.45, 7) is 46.2. The molecule has 0 unspecified atom stereocenters. The van der Waals surface area contributed by atoms with Crippen molar-refractivity contribution in [1.29, 1.82) is 0 Å². The van der Waals surface area contributed by atoms with Crippen LogP contribution in [0.2, 0.25) is 0 Å². The third-order valence-electron chi connectivity index (χ3n) is 26.8. The molecule has 0 bridgehead atoms. The highest BCUT2D eigenvalue weighted by Gasteiger charge is 2.32. The number of nitrogens with zero attached hydrogens (tertiary/aromatic N) is 10. The number of hydrogen-bond acceptors (Lipinski definition) is 0. The molecule has 10 nitrogen and oxygen atoms in total. The molecule has 0 saturated carbocycles. The molecule has 18 rings (SSSR count). The number of halogens is 2. The fraction of sp³-hybridized carbons (Fsp3) is 0.250. The van der Waals surface area contributed by atoms with Crippen LogP contribution in [0.3, 0.4) is 0 Å². The lowest BCUT2D eigenvalue weighted by molar-refractivity contribution is -0.660. The van der Waals surface area contributed by atoms with Crippen LogP contribution in [0.5, 0.6) is 0 Å². The minimum Gasteiger partial charge on any atom is -0.311 e. The molecule has 692 valence electrons. The lowest BCUT2D eigenvalue weighted by Gasteiger charge is -2.24. The zero-order valence-corrected chi connectivity index (χ0v) is 84.8. The van der Waals surface area contributed by atoms with Crippen LogP contribution in [0.1, 0.15) is 188 Å². The molecular weight excluding hydrogens is 1670 g/mol. The van der Waals surface area contributed by atoms with Crippen molar-refractivity contribution in [3.8, 4) is 119 Å². The van der Waals surface area contributed by atoms with Crippen LogP contribution in [0, 0.1) is 88.1 Å². The second kappa shape index (κ2) is 42.6. The molecule has 0 aliphatic heterocycles. The molecule has 0 atom stereocenters. The monoisotopic (exact) mass is 1800 g/mol. The van der Waals surface area contributed by atoms with Gasteiger partial charge in [0.05, 0.1) is 22.7 Å². The van der Waals surface area contributed by atoms with E-state index in [2.05, 4.69) is 410 Å². The van der Waals surface area contributed by atoms with Crippen molar-refractivity contribution in [3.05, 3.63) is 430 Å². The Kier molecular flexibility index (Phi) is 30.6. The van der Waals surface area contributed by atoms with E-state index in [1.807, 2.05) is 128 Å². The van der Waals surface area contributed by atoms with Crippen LogP contribution in [-0.2, 0) is 35.2 Å². The Labute approximate surface area is 807 Å². The Bertz CT molecular complexity index is 7150. The highest BCUT2D eigenvalue weighted by atomic mass is 19.1. The van der Waals surface area contributed by atoms with E-state index in [4.69, 9.17) is 0 Å². The molecule has 0 radical (unpaired) electrons. The highest BCUT2D eigenvalue weighted by molar-refractivity contribution is 5.87. The Morgan fingerprint density at radius 2 is 0.522 bits per heavy atom. The van der Waals surface area contributed by atoms with Crippen molar-refractivity contribution in [2.24, 2.45) is 35.2 Å². The number of aryl methyl sites for hydroxylation is 13. The first-order valence-corrected chi connectivity index (χ1v) is 48.0. The number of rotatable bonds is 18. The van der Waals surface area contributed by atoms with Crippen LogP contribution in [0.25, 0.3) is 119 Å². The number of hydrogen-bond donors (Lipinski definition) is 0. The average Bonchev–Trinajstić information content (AvgIpc) is 1.55. The van der Waals surface area contributed by atoms with Crippen LogP contribution in [0.4, 0.5) is 8.78 Å². The van der Waals surface area contributed by atoms with Gasteiger partial charge in [0, 0.05) is 96.1 Å². The fourth-order valence-corrected chi connectivity index (χ4v) is 19.4. The zero-order chi connectivity index (χ0) is 97.4.